The molecule has 3 aromatic rings. The van der Waals surface area contributed by atoms with Crippen LogP contribution in [0.5, 0.6) is 0 Å². The third-order valence-electron chi connectivity index (χ3n) is 4.10. The fourth-order valence-electron chi connectivity index (χ4n) is 2.88. The SMILES string of the molecule is O=C(CCl)NCCCn1cc(-c2ccccc2)c2ccccc2c1=O. The summed E-state index contributed by atoms with van der Waals surface area (Å²) in [6.45, 7) is 1.03. The van der Waals surface area contributed by atoms with Gasteiger partial charge in [0.15, 0.2) is 0 Å². The molecule has 1 aromatic heterocycles. The van der Waals surface area contributed by atoms with Crippen LogP contribution in [0.4, 0.5) is 0 Å². The lowest BCUT2D eigenvalue weighted by Crippen LogP contribution is -2.27. The van der Waals surface area contributed by atoms with Crippen LogP contribution < -0.4 is 10.9 Å². The molecule has 0 unspecified atom stereocenters. The van der Waals surface area contributed by atoms with E-state index >= 15 is 0 Å². The smallest absolute Gasteiger partial charge is 0.258 e. The van der Waals surface area contributed by atoms with Gasteiger partial charge in [-0.1, -0.05) is 48.5 Å². The Balaban J connectivity index is 1.95. The van der Waals surface area contributed by atoms with Crippen molar-refractivity contribution in [3.8, 4) is 11.1 Å². The van der Waals surface area contributed by atoms with E-state index in [0.717, 1.165) is 16.5 Å². The number of hydrogen-bond acceptors (Lipinski definition) is 2. The highest BCUT2D eigenvalue weighted by atomic mass is 35.5. The highest BCUT2D eigenvalue weighted by molar-refractivity contribution is 6.27. The Hall–Kier alpha value is -2.59. The normalized spacial score (nSPS) is 10.8. The summed E-state index contributed by atoms with van der Waals surface area (Å²) in [5.74, 6) is -0.244. The third kappa shape index (κ3) is 3.91. The minimum Gasteiger partial charge on any atom is -0.355 e. The van der Waals surface area contributed by atoms with Crippen LogP contribution in [0, 0.1) is 0 Å². The summed E-state index contributed by atoms with van der Waals surface area (Å²) in [6, 6.07) is 17.7. The van der Waals surface area contributed by atoms with Crippen molar-refractivity contribution >= 4 is 28.3 Å². The first-order valence-corrected chi connectivity index (χ1v) is 8.74. The standard InChI is InChI=1S/C20H19ClN2O2/c21-13-19(24)22-11-6-12-23-14-18(15-7-2-1-3-8-15)16-9-4-5-10-17(16)20(23)25/h1-5,7-10,14H,6,11-13H2,(H,22,24). The van der Waals surface area contributed by atoms with Crippen LogP contribution in [0.25, 0.3) is 21.9 Å². The van der Waals surface area contributed by atoms with Gasteiger partial charge < -0.3 is 9.88 Å². The zero-order valence-corrected chi connectivity index (χ0v) is 14.5. The molecule has 2 aromatic carbocycles. The fraction of sp³-hybridized carbons (Fsp3) is 0.200. The van der Waals surface area contributed by atoms with E-state index in [-0.39, 0.29) is 17.3 Å². The molecular weight excluding hydrogens is 336 g/mol. The second kappa shape index (κ2) is 7.99. The minimum atomic E-state index is -0.197. The molecule has 0 aliphatic carbocycles. The summed E-state index contributed by atoms with van der Waals surface area (Å²) in [4.78, 5) is 23.9. The minimum absolute atomic E-state index is 0.0149. The van der Waals surface area contributed by atoms with Gasteiger partial charge in [0.2, 0.25) is 5.91 Å². The molecule has 3 rings (SSSR count). The maximum atomic E-state index is 12.8. The number of rotatable bonds is 6. The van der Waals surface area contributed by atoms with Crippen LogP contribution in [-0.2, 0) is 11.3 Å². The second-order valence-electron chi connectivity index (χ2n) is 5.79. The number of aromatic nitrogens is 1. The molecule has 25 heavy (non-hydrogen) atoms. The van der Waals surface area contributed by atoms with Gasteiger partial charge in [0.05, 0.1) is 0 Å². The molecular formula is C20H19ClN2O2. The summed E-state index contributed by atoms with van der Waals surface area (Å²) in [5.41, 5.74) is 2.09. The van der Waals surface area contributed by atoms with Gasteiger partial charge in [-0.25, -0.2) is 0 Å². The number of fused-ring (bicyclic) bond motifs is 1. The largest absolute Gasteiger partial charge is 0.355 e. The van der Waals surface area contributed by atoms with E-state index in [4.69, 9.17) is 11.6 Å². The Morgan fingerprint density at radius 3 is 2.40 bits per heavy atom. The van der Waals surface area contributed by atoms with E-state index in [1.165, 1.54) is 0 Å². The predicted octanol–water partition coefficient (Wildman–Crippen LogP) is 3.41. The molecule has 1 N–H and O–H groups in total. The van der Waals surface area contributed by atoms with Gasteiger partial charge in [-0.05, 0) is 23.4 Å². The van der Waals surface area contributed by atoms with Crippen molar-refractivity contribution in [2.45, 2.75) is 13.0 Å². The van der Waals surface area contributed by atoms with Crippen molar-refractivity contribution < 1.29 is 4.79 Å². The van der Waals surface area contributed by atoms with Crippen LogP contribution in [0.15, 0.2) is 65.6 Å². The Morgan fingerprint density at radius 2 is 1.68 bits per heavy atom. The number of alkyl halides is 1. The van der Waals surface area contributed by atoms with Crippen molar-refractivity contribution in [1.82, 2.24) is 9.88 Å². The van der Waals surface area contributed by atoms with Gasteiger partial charge in [-0.2, -0.15) is 0 Å². The van der Waals surface area contributed by atoms with Crippen molar-refractivity contribution in [1.29, 1.82) is 0 Å². The number of halogens is 1. The van der Waals surface area contributed by atoms with Gasteiger partial charge in [0.1, 0.15) is 5.88 Å². The lowest BCUT2D eigenvalue weighted by atomic mass is 10.0. The Bertz CT molecular complexity index is 935. The lowest BCUT2D eigenvalue weighted by molar-refractivity contribution is -0.118. The summed E-state index contributed by atoms with van der Waals surface area (Å²) in [7, 11) is 0. The second-order valence-corrected chi connectivity index (χ2v) is 6.06. The van der Waals surface area contributed by atoms with Crippen molar-refractivity contribution in [3.63, 3.8) is 0 Å². The predicted molar refractivity (Wildman–Crippen MR) is 102 cm³/mol. The van der Waals surface area contributed by atoms with Gasteiger partial charge in [0.25, 0.3) is 5.56 Å². The first-order valence-electron chi connectivity index (χ1n) is 8.21. The third-order valence-corrected chi connectivity index (χ3v) is 4.34. The molecule has 5 heteroatoms. The van der Waals surface area contributed by atoms with E-state index in [0.29, 0.717) is 24.9 Å². The summed E-state index contributed by atoms with van der Waals surface area (Å²) < 4.78 is 1.72. The molecule has 1 heterocycles. The molecule has 0 saturated carbocycles. The number of hydrogen-bond donors (Lipinski definition) is 1. The first-order chi connectivity index (χ1) is 12.2. The van der Waals surface area contributed by atoms with Crippen LogP contribution in [-0.4, -0.2) is 22.9 Å². The molecule has 0 fully saturated rings. The van der Waals surface area contributed by atoms with Gasteiger partial charge in [-0.15, -0.1) is 11.6 Å². The van der Waals surface area contributed by atoms with Gasteiger partial charge >= 0.3 is 0 Å². The van der Waals surface area contributed by atoms with Crippen molar-refractivity contribution in [3.05, 3.63) is 71.1 Å². The molecule has 0 aliphatic rings. The zero-order chi connectivity index (χ0) is 17.6. The van der Waals surface area contributed by atoms with Gasteiger partial charge in [0, 0.05) is 30.2 Å². The number of aryl methyl sites for hydroxylation is 1. The van der Waals surface area contributed by atoms with Crippen LogP contribution in [0.2, 0.25) is 0 Å². The Kier molecular flexibility index (Phi) is 5.51. The van der Waals surface area contributed by atoms with E-state index in [2.05, 4.69) is 5.32 Å². The fourth-order valence-corrected chi connectivity index (χ4v) is 2.98. The number of nitrogens with zero attached hydrogens (tertiary/aromatic N) is 1. The number of nitrogens with one attached hydrogen (secondary N) is 1. The van der Waals surface area contributed by atoms with Crippen LogP contribution in [0.3, 0.4) is 0 Å². The quantitative estimate of drug-likeness (QED) is 0.544. The molecule has 0 aliphatic heterocycles. The molecule has 4 nitrogen and oxygen atoms in total. The van der Waals surface area contributed by atoms with E-state index in [1.54, 1.807) is 4.57 Å². The number of carbonyl (C=O) groups excluding carboxylic acids is 1. The maximum absolute atomic E-state index is 12.8. The number of carbonyl (C=O) groups is 1. The van der Waals surface area contributed by atoms with E-state index in [9.17, 15) is 9.59 Å². The summed E-state index contributed by atoms with van der Waals surface area (Å²) in [6.07, 6.45) is 2.57. The summed E-state index contributed by atoms with van der Waals surface area (Å²) in [5, 5.41) is 4.37. The molecule has 0 atom stereocenters. The van der Waals surface area contributed by atoms with Crippen molar-refractivity contribution in [2.75, 3.05) is 12.4 Å². The average molecular weight is 355 g/mol. The summed E-state index contributed by atoms with van der Waals surface area (Å²) >= 11 is 5.46. The molecule has 0 radical (unpaired) electrons. The van der Waals surface area contributed by atoms with Crippen LogP contribution >= 0.6 is 11.6 Å². The first kappa shape index (κ1) is 17.2. The Morgan fingerprint density at radius 1 is 1.00 bits per heavy atom. The topological polar surface area (TPSA) is 51.1 Å². The molecule has 0 bridgehead atoms. The lowest BCUT2D eigenvalue weighted by Gasteiger charge is -2.13. The molecule has 0 spiro atoms. The van der Waals surface area contributed by atoms with E-state index < -0.39 is 0 Å². The average Bonchev–Trinajstić information content (AvgIpc) is 2.67. The number of amides is 1. The maximum Gasteiger partial charge on any atom is 0.258 e. The van der Waals surface area contributed by atoms with E-state index in [1.807, 2.05) is 60.8 Å². The van der Waals surface area contributed by atoms with Crippen molar-refractivity contribution in [2.24, 2.45) is 0 Å². The van der Waals surface area contributed by atoms with Gasteiger partial charge in [-0.3, -0.25) is 9.59 Å². The molecule has 128 valence electrons. The number of benzene rings is 2. The molecule has 1 amide bonds. The highest BCUT2D eigenvalue weighted by Crippen LogP contribution is 2.26. The molecule has 0 saturated heterocycles. The highest BCUT2D eigenvalue weighted by Gasteiger charge is 2.10. The zero-order valence-electron chi connectivity index (χ0n) is 13.7. The number of pyridine rings is 1. The van der Waals surface area contributed by atoms with Crippen LogP contribution in [0.1, 0.15) is 6.42 Å². The monoisotopic (exact) mass is 354 g/mol. The Labute approximate surface area is 151 Å².